The first-order valence-corrected chi connectivity index (χ1v) is 10.3. The molecule has 0 aromatic heterocycles. The predicted molar refractivity (Wildman–Crippen MR) is 112 cm³/mol. The fourth-order valence-electron chi connectivity index (χ4n) is 3.90. The number of nitrogens with zero attached hydrogens (tertiary/aromatic N) is 3. The Hall–Kier alpha value is -3.09. The third-order valence-electron chi connectivity index (χ3n) is 5.73. The minimum absolute atomic E-state index is 0.0606. The van der Waals surface area contributed by atoms with E-state index in [1.165, 1.54) is 23.4 Å². The van der Waals surface area contributed by atoms with E-state index in [0.29, 0.717) is 26.2 Å². The van der Waals surface area contributed by atoms with E-state index >= 15 is 0 Å². The van der Waals surface area contributed by atoms with Crippen molar-refractivity contribution in [3.63, 3.8) is 0 Å². The molecule has 0 aliphatic carbocycles. The number of benzene rings is 2. The van der Waals surface area contributed by atoms with Crippen molar-refractivity contribution in [2.24, 2.45) is 5.92 Å². The highest BCUT2D eigenvalue weighted by Gasteiger charge is 2.38. The highest BCUT2D eigenvalue weighted by molar-refractivity contribution is 5.85. The standard InChI is InChI=1S/C23H26FN3O3/c1-17-5-4-6-19(13-17)25-9-11-26(12-10-25)23(29)18-14-27(15-18)22(28)16-30-21-8-3-2-7-20(21)24/h2-8,13,18H,9-12,14-16H2,1H3. The zero-order valence-corrected chi connectivity index (χ0v) is 17.1. The van der Waals surface area contributed by atoms with Crippen molar-refractivity contribution in [1.82, 2.24) is 9.80 Å². The van der Waals surface area contributed by atoms with Gasteiger partial charge in [0.2, 0.25) is 5.91 Å². The molecule has 2 aromatic carbocycles. The van der Waals surface area contributed by atoms with Crippen LogP contribution in [0.3, 0.4) is 0 Å². The van der Waals surface area contributed by atoms with Gasteiger partial charge in [-0.05, 0) is 36.8 Å². The average molecular weight is 411 g/mol. The predicted octanol–water partition coefficient (Wildman–Crippen LogP) is 2.32. The number of para-hydroxylation sites is 1. The van der Waals surface area contributed by atoms with Crippen LogP contribution in [0.15, 0.2) is 48.5 Å². The molecule has 2 heterocycles. The van der Waals surface area contributed by atoms with Gasteiger partial charge in [0.15, 0.2) is 18.2 Å². The third kappa shape index (κ3) is 4.40. The Morgan fingerprint density at radius 1 is 1.00 bits per heavy atom. The second kappa shape index (κ2) is 8.73. The van der Waals surface area contributed by atoms with Crippen LogP contribution in [-0.4, -0.2) is 67.5 Å². The highest BCUT2D eigenvalue weighted by atomic mass is 19.1. The second-order valence-corrected chi connectivity index (χ2v) is 7.87. The van der Waals surface area contributed by atoms with Crippen LogP contribution in [-0.2, 0) is 9.59 Å². The topological polar surface area (TPSA) is 53.1 Å². The van der Waals surface area contributed by atoms with Gasteiger partial charge in [0.05, 0.1) is 5.92 Å². The lowest BCUT2D eigenvalue weighted by atomic mass is 9.98. The third-order valence-corrected chi connectivity index (χ3v) is 5.73. The van der Waals surface area contributed by atoms with E-state index in [4.69, 9.17) is 4.74 Å². The summed E-state index contributed by atoms with van der Waals surface area (Å²) >= 11 is 0. The summed E-state index contributed by atoms with van der Waals surface area (Å²) in [6.45, 7) is 5.64. The van der Waals surface area contributed by atoms with E-state index in [9.17, 15) is 14.0 Å². The number of rotatable bonds is 5. The zero-order chi connectivity index (χ0) is 21.1. The van der Waals surface area contributed by atoms with Crippen molar-refractivity contribution < 1.29 is 18.7 Å². The first-order valence-electron chi connectivity index (χ1n) is 10.3. The number of piperazine rings is 1. The van der Waals surface area contributed by atoms with E-state index in [-0.39, 0.29) is 30.1 Å². The molecule has 0 N–H and O–H groups in total. The lowest BCUT2D eigenvalue weighted by Crippen LogP contribution is -2.59. The molecule has 0 saturated carbocycles. The van der Waals surface area contributed by atoms with Gasteiger partial charge in [-0.3, -0.25) is 9.59 Å². The van der Waals surface area contributed by atoms with Crippen molar-refractivity contribution in [2.75, 3.05) is 50.8 Å². The molecule has 0 unspecified atom stereocenters. The maximum atomic E-state index is 13.6. The fraction of sp³-hybridized carbons (Fsp3) is 0.391. The fourth-order valence-corrected chi connectivity index (χ4v) is 3.90. The first-order chi connectivity index (χ1) is 14.5. The van der Waals surface area contributed by atoms with Crippen molar-refractivity contribution in [2.45, 2.75) is 6.92 Å². The molecule has 158 valence electrons. The Morgan fingerprint density at radius 3 is 2.43 bits per heavy atom. The Bertz CT molecular complexity index is 921. The Labute approximate surface area is 175 Å². The van der Waals surface area contributed by atoms with Gasteiger partial charge in [-0.1, -0.05) is 24.3 Å². The van der Waals surface area contributed by atoms with Crippen LogP contribution in [0.1, 0.15) is 5.56 Å². The van der Waals surface area contributed by atoms with E-state index in [0.717, 1.165) is 13.1 Å². The van der Waals surface area contributed by atoms with Crippen molar-refractivity contribution in [1.29, 1.82) is 0 Å². The molecule has 30 heavy (non-hydrogen) atoms. The molecule has 2 aliphatic heterocycles. The summed E-state index contributed by atoms with van der Waals surface area (Å²) < 4.78 is 18.8. The number of aryl methyl sites for hydroxylation is 1. The number of hydrogen-bond donors (Lipinski definition) is 0. The maximum absolute atomic E-state index is 13.6. The van der Waals surface area contributed by atoms with Gasteiger partial charge in [-0.15, -0.1) is 0 Å². The Balaban J connectivity index is 1.21. The molecule has 2 aliphatic rings. The van der Waals surface area contributed by atoms with Crippen molar-refractivity contribution >= 4 is 17.5 Å². The van der Waals surface area contributed by atoms with Gasteiger partial charge in [-0.2, -0.15) is 0 Å². The highest BCUT2D eigenvalue weighted by Crippen LogP contribution is 2.22. The second-order valence-electron chi connectivity index (χ2n) is 7.87. The molecule has 2 saturated heterocycles. The van der Waals surface area contributed by atoms with Crippen molar-refractivity contribution in [3.8, 4) is 5.75 Å². The van der Waals surface area contributed by atoms with Crippen LogP contribution < -0.4 is 9.64 Å². The molecule has 0 spiro atoms. The van der Waals surface area contributed by atoms with E-state index in [1.807, 2.05) is 4.90 Å². The minimum Gasteiger partial charge on any atom is -0.481 e. The van der Waals surface area contributed by atoms with Gasteiger partial charge in [-0.25, -0.2) is 4.39 Å². The normalized spacial score (nSPS) is 16.9. The lowest BCUT2D eigenvalue weighted by molar-refractivity contribution is -0.149. The molecule has 7 heteroatoms. The number of carbonyl (C=O) groups excluding carboxylic acids is 2. The minimum atomic E-state index is -0.494. The van der Waals surface area contributed by atoms with E-state index in [1.54, 1.807) is 17.0 Å². The van der Waals surface area contributed by atoms with Crippen LogP contribution in [0.25, 0.3) is 0 Å². The van der Waals surface area contributed by atoms with Crippen LogP contribution in [0.4, 0.5) is 10.1 Å². The summed E-state index contributed by atoms with van der Waals surface area (Å²) in [7, 11) is 0. The van der Waals surface area contributed by atoms with Crippen LogP contribution in [0.5, 0.6) is 5.75 Å². The molecular formula is C23H26FN3O3. The molecule has 2 aromatic rings. The Morgan fingerprint density at radius 2 is 1.73 bits per heavy atom. The summed E-state index contributed by atoms with van der Waals surface area (Å²) in [6, 6.07) is 14.4. The molecule has 2 fully saturated rings. The molecule has 4 rings (SSSR count). The molecule has 0 atom stereocenters. The number of halogens is 1. The number of amides is 2. The summed E-state index contributed by atoms with van der Waals surface area (Å²) in [4.78, 5) is 30.8. The van der Waals surface area contributed by atoms with Gasteiger partial charge in [0, 0.05) is 45.0 Å². The summed E-state index contributed by atoms with van der Waals surface area (Å²) in [5.41, 5.74) is 2.42. The lowest BCUT2D eigenvalue weighted by Gasteiger charge is -2.43. The van der Waals surface area contributed by atoms with Crippen LogP contribution in [0.2, 0.25) is 0 Å². The molecular weight excluding hydrogens is 385 g/mol. The van der Waals surface area contributed by atoms with Gasteiger partial charge >= 0.3 is 0 Å². The SMILES string of the molecule is Cc1cccc(N2CCN(C(=O)C3CN(C(=O)COc4ccccc4F)C3)CC2)c1. The summed E-state index contributed by atoms with van der Waals surface area (Å²) in [5, 5.41) is 0. The quantitative estimate of drug-likeness (QED) is 0.758. The monoisotopic (exact) mass is 411 g/mol. The number of anilines is 1. The number of ether oxygens (including phenoxy) is 1. The summed E-state index contributed by atoms with van der Waals surface area (Å²) in [6.07, 6.45) is 0. The number of hydrogen-bond acceptors (Lipinski definition) is 4. The van der Waals surface area contributed by atoms with Gasteiger partial charge in [0.1, 0.15) is 0 Å². The maximum Gasteiger partial charge on any atom is 0.260 e. The van der Waals surface area contributed by atoms with Crippen LogP contribution >= 0.6 is 0 Å². The van der Waals surface area contributed by atoms with Gasteiger partial charge < -0.3 is 19.4 Å². The van der Waals surface area contributed by atoms with Crippen molar-refractivity contribution in [3.05, 3.63) is 59.9 Å². The largest absolute Gasteiger partial charge is 0.481 e. The Kier molecular flexibility index (Phi) is 5.88. The zero-order valence-electron chi connectivity index (χ0n) is 17.1. The molecule has 2 amide bonds. The number of likely N-dealkylation sites (tertiary alicyclic amines) is 1. The average Bonchev–Trinajstić information content (AvgIpc) is 2.72. The van der Waals surface area contributed by atoms with E-state index in [2.05, 4.69) is 36.1 Å². The molecule has 0 radical (unpaired) electrons. The smallest absolute Gasteiger partial charge is 0.260 e. The first kappa shape index (κ1) is 20.2. The molecule has 0 bridgehead atoms. The van der Waals surface area contributed by atoms with E-state index < -0.39 is 5.82 Å². The number of carbonyl (C=O) groups is 2. The summed E-state index contributed by atoms with van der Waals surface area (Å²) in [5.74, 6) is -0.713. The van der Waals surface area contributed by atoms with Crippen LogP contribution in [0, 0.1) is 18.7 Å². The van der Waals surface area contributed by atoms with Gasteiger partial charge in [0.25, 0.3) is 5.91 Å². The molecule has 6 nitrogen and oxygen atoms in total.